The van der Waals surface area contributed by atoms with Crippen molar-refractivity contribution in [3.05, 3.63) is 0 Å². The first-order valence-electron chi connectivity index (χ1n) is 8.48. The monoisotopic (exact) mass is 315 g/mol. The van der Waals surface area contributed by atoms with Crippen molar-refractivity contribution >= 4 is 5.96 Å². The standard InChI is InChI=1S/C16H33N3O3/c1-14(2)21-12-6-9-19-16(17-3)18-8-5-10-20-13-15-7-4-11-22-15/h14-15H,4-13H2,1-3H3,(H2,17,18,19). The molecule has 0 aromatic carbocycles. The van der Waals surface area contributed by atoms with E-state index in [1.165, 1.54) is 6.42 Å². The smallest absolute Gasteiger partial charge is 0.190 e. The third-order valence-electron chi connectivity index (χ3n) is 3.37. The zero-order valence-corrected chi connectivity index (χ0v) is 14.4. The van der Waals surface area contributed by atoms with E-state index >= 15 is 0 Å². The minimum Gasteiger partial charge on any atom is -0.379 e. The Morgan fingerprint density at radius 3 is 2.55 bits per heavy atom. The van der Waals surface area contributed by atoms with E-state index in [9.17, 15) is 0 Å². The lowest BCUT2D eigenvalue weighted by Crippen LogP contribution is -2.38. The van der Waals surface area contributed by atoms with E-state index in [1.54, 1.807) is 7.05 Å². The van der Waals surface area contributed by atoms with Gasteiger partial charge in [-0.15, -0.1) is 0 Å². The molecule has 1 rings (SSSR count). The maximum absolute atomic E-state index is 5.63. The number of hydrogen-bond acceptors (Lipinski definition) is 4. The molecule has 0 spiro atoms. The maximum Gasteiger partial charge on any atom is 0.190 e. The van der Waals surface area contributed by atoms with Gasteiger partial charge in [0, 0.05) is 40.0 Å². The van der Waals surface area contributed by atoms with E-state index in [0.717, 1.165) is 64.7 Å². The van der Waals surface area contributed by atoms with E-state index in [1.807, 2.05) is 0 Å². The predicted octanol–water partition coefficient (Wildman–Crippen LogP) is 1.55. The van der Waals surface area contributed by atoms with Crippen LogP contribution in [0.3, 0.4) is 0 Å². The molecule has 0 aromatic rings. The van der Waals surface area contributed by atoms with Crippen LogP contribution in [0.5, 0.6) is 0 Å². The summed E-state index contributed by atoms with van der Waals surface area (Å²) >= 11 is 0. The van der Waals surface area contributed by atoms with E-state index in [-0.39, 0.29) is 0 Å². The Kier molecular flexibility index (Phi) is 11.1. The summed E-state index contributed by atoms with van der Waals surface area (Å²) in [5.74, 6) is 0.837. The highest BCUT2D eigenvalue weighted by Gasteiger charge is 2.14. The normalized spacial score (nSPS) is 18.9. The van der Waals surface area contributed by atoms with Gasteiger partial charge in [-0.2, -0.15) is 0 Å². The number of guanidine groups is 1. The van der Waals surface area contributed by atoms with Gasteiger partial charge in [0.2, 0.25) is 0 Å². The molecule has 0 radical (unpaired) electrons. The summed E-state index contributed by atoms with van der Waals surface area (Å²) in [5.41, 5.74) is 0. The summed E-state index contributed by atoms with van der Waals surface area (Å²) in [4.78, 5) is 4.19. The Hall–Kier alpha value is -0.850. The fraction of sp³-hybridized carbons (Fsp3) is 0.938. The van der Waals surface area contributed by atoms with Crippen LogP contribution >= 0.6 is 0 Å². The second-order valence-corrected chi connectivity index (χ2v) is 5.76. The van der Waals surface area contributed by atoms with E-state index in [0.29, 0.717) is 12.2 Å². The van der Waals surface area contributed by atoms with Crippen LogP contribution < -0.4 is 10.6 Å². The molecule has 1 aliphatic heterocycles. The Labute approximate surface area is 135 Å². The molecular weight excluding hydrogens is 282 g/mol. The number of nitrogens with one attached hydrogen (secondary N) is 2. The summed E-state index contributed by atoms with van der Waals surface area (Å²) in [6.07, 6.45) is 4.85. The first kappa shape index (κ1) is 19.2. The van der Waals surface area contributed by atoms with Crippen LogP contribution in [-0.4, -0.2) is 64.7 Å². The third-order valence-corrected chi connectivity index (χ3v) is 3.37. The Morgan fingerprint density at radius 1 is 1.23 bits per heavy atom. The average molecular weight is 315 g/mol. The quantitative estimate of drug-likeness (QED) is 0.344. The summed E-state index contributed by atoms with van der Waals surface area (Å²) in [5, 5.41) is 6.56. The number of hydrogen-bond donors (Lipinski definition) is 2. The maximum atomic E-state index is 5.63. The summed E-state index contributed by atoms with van der Waals surface area (Å²) in [6.45, 7) is 8.96. The first-order valence-corrected chi connectivity index (χ1v) is 8.48. The van der Waals surface area contributed by atoms with E-state index < -0.39 is 0 Å². The molecule has 6 heteroatoms. The van der Waals surface area contributed by atoms with Crippen LogP contribution in [0.4, 0.5) is 0 Å². The van der Waals surface area contributed by atoms with Crippen LogP contribution in [0, 0.1) is 0 Å². The van der Waals surface area contributed by atoms with Crippen molar-refractivity contribution in [2.75, 3.05) is 46.6 Å². The lowest BCUT2D eigenvalue weighted by atomic mass is 10.2. The molecule has 130 valence electrons. The van der Waals surface area contributed by atoms with Gasteiger partial charge in [-0.1, -0.05) is 0 Å². The predicted molar refractivity (Wildman–Crippen MR) is 89.5 cm³/mol. The zero-order valence-electron chi connectivity index (χ0n) is 14.4. The van der Waals surface area contributed by atoms with Crippen molar-refractivity contribution in [2.45, 2.75) is 51.7 Å². The van der Waals surface area contributed by atoms with Crippen LogP contribution in [0.25, 0.3) is 0 Å². The van der Waals surface area contributed by atoms with E-state index in [2.05, 4.69) is 29.5 Å². The zero-order chi connectivity index (χ0) is 16.0. The molecule has 1 atom stereocenters. The van der Waals surface area contributed by atoms with Gasteiger partial charge in [0.1, 0.15) is 0 Å². The number of ether oxygens (including phenoxy) is 3. The SMILES string of the molecule is CN=C(NCCCOCC1CCCO1)NCCCOC(C)C. The van der Waals surface area contributed by atoms with Crippen LogP contribution in [0.1, 0.15) is 39.5 Å². The summed E-state index contributed by atoms with van der Waals surface area (Å²) in [6, 6.07) is 0. The van der Waals surface area contributed by atoms with Gasteiger partial charge in [0.25, 0.3) is 0 Å². The molecule has 0 saturated carbocycles. The van der Waals surface area contributed by atoms with Crippen LogP contribution in [0.2, 0.25) is 0 Å². The largest absolute Gasteiger partial charge is 0.379 e. The molecule has 1 fully saturated rings. The van der Waals surface area contributed by atoms with Gasteiger partial charge in [0.05, 0.1) is 18.8 Å². The minimum absolute atomic E-state index is 0.298. The third kappa shape index (κ3) is 9.97. The van der Waals surface area contributed by atoms with Crippen LogP contribution in [-0.2, 0) is 14.2 Å². The molecule has 2 N–H and O–H groups in total. The summed E-state index contributed by atoms with van der Waals surface area (Å²) < 4.78 is 16.6. The Balaban J connectivity index is 1.90. The second-order valence-electron chi connectivity index (χ2n) is 5.76. The van der Waals surface area contributed by atoms with Crippen molar-refractivity contribution in [2.24, 2.45) is 4.99 Å². The topological polar surface area (TPSA) is 64.1 Å². The molecule has 1 aliphatic rings. The number of rotatable bonds is 11. The van der Waals surface area contributed by atoms with Gasteiger partial charge in [-0.3, -0.25) is 4.99 Å². The van der Waals surface area contributed by atoms with Gasteiger partial charge >= 0.3 is 0 Å². The molecule has 22 heavy (non-hydrogen) atoms. The molecule has 1 unspecified atom stereocenters. The van der Waals surface area contributed by atoms with E-state index in [4.69, 9.17) is 14.2 Å². The summed E-state index contributed by atoms with van der Waals surface area (Å²) in [7, 11) is 1.79. The molecule has 1 heterocycles. The lowest BCUT2D eigenvalue weighted by molar-refractivity contribution is 0.0168. The highest BCUT2D eigenvalue weighted by Crippen LogP contribution is 2.11. The molecule has 0 bridgehead atoms. The van der Waals surface area contributed by atoms with Crippen molar-refractivity contribution in [3.8, 4) is 0 Å². The van der Waals surface area contributed by atoms with Gasteiger partial charge in [-0.25, -0.2) is 0 Å². The highest BCUT2D eigenvalue weighted by molar-refractivity contribution is 5.79. The van der Waals surface area contributed by atoms with Crippen molar-refractivity contribution < 1.29 is 14.2 Å². The fourth-order valence-corrected chi connectivity index (χ4v) is 2.19. The second kappa shape index (κ2) is 12.7. The molecule has 0 amide bonds. The molecule has 6 nitrogen and oxygen atoms in total. The van der Waals surface area contributed by atoms with Crippen LogP contribution in [0.15, 0.2) is 4.99 Å². The molecule has 0 aromatic heterocycles. The number of aliphatic imine (C=N–C) groups is 1. The van der Waals surface area contributed by atoms with Crippen molar-refractivity contribution in [1.29, 1.82) is 0 Å². The average Bonchev–Trinajstić information content (AvgIpc) is 3.01. The minimum atomic E-state index is 0.298. The highest BCUT2D eigenvalue weighted by atomic mass is 16.5. The lowest BCUT2D eigenvalue weighted by Gasteiger charge is -2.13. The van der Waals surface area contributed by atoms with Gasteiger partial charge in [-0.05, 0) is 39.5 Å². The van der Waals surface area contributed by atoms with Gasteiger partial charge < -0.3 is 24.8 Å². The first-order chi connectivity index (χ1) is 10.7. The Morgan fingerprint density at radius 2 is 1.95 bits per heavy atom. The van der Waals surface area contributed by atoms with Gasteiger partial charge in [0.15, 0.2) is 5.96 Å². The fourth-order valence-electron chi connectivity index (χ4n) is 2.19. The Bertz CT molecular complexity index is 292. The van der Waals surface area contributed by atoms with Crippen molar-refractivity contribution in [3.63, 3.8) is 0 Å². The molecule has 0 aliphatic carbocycles. The molecule has 1 saturated heterocycles. The molecular formula is C16H33N3O3. The van der Waals surface area contributed by atoms with Crippen molar-refractivity contribution in [1.82, 2.24) is 10.6 Å². The number of nitrogens with zero attached hydrogens (tertiary/aromatic N) is 1.